The molecule has 1 saturated heterocycles. The van der Waals surface area contributed by atoms with Crippen molar-refractivity contribution < 1.29 is 14.6 Å². The molecule has 1 aliphatic heterocycles. The van der Waals surface area contributed by atoms with Crippen LogP contribution in [0.5, 0.6) is 0 Å². The molecule has 0 bridgehead atoms. The highest BCUT2D eigenvalue weighted by Crippen LogP contribution is 2.17. The molecule has 0 aliphatic carbocycles. The maximum Gasteiger partial charge on any atom is 0.155 e. The first kappa shape index (κ1) is 10.5. The van der Waals surface area contributed by atoms with Crippen molar-refractivity contribution >= 4 is 16.9 Å². The zero-order chi connectivity index (χ0) is 10.7. The standard InChI is InChI=1S/C11H12O3S/c12-11(13)9-1-3-10(4-2-9)15-7-5-14-6-8-15/h1-4H,5-8H2. The largest absolute Gasteiger partial charge is 0.545 e. The number of carboxylic acid groups (broad SMARTS) is 1. The van der Waals surface area contributed by atoms with Gasteiger partial charge in [0.05, 0.1) is 19.2 Å². The van der Waals surface area contributed by atoms with Crippen LogP contribution in [0.4, 0.5) is 0 Å². The lowest BCUT2D eigenvalue weighted by Crippen LogP contribution is -2.26. The Morgan fingerprint density at radius 2 is 1.80 bits per heavy atom. The van der Waals surface area contributed by atoms with E-state index in [1.54, 1.807) is 12.1 Å². The van der Waals surface area contributed by atoms with Gasteiger partial charge < -0.3 is 14.6 Å². The van der Waals surface area contributed by atoms with Crippen LogP contribution < -0.4 is 5.11 Å². The third kappa shape index (κ3) is 2.52. The van der Waals surface area contributed by atoms with Crippen LogP contribution in [0.2, 0.25) is 0 Å². The average molecular weight is 224 g/mol. The van der Waals surface area contributed by atoms with Gasteiger partial charge in [0.25, 0.3) is 0 Å². The fourth-order valence-corrected chi connectivity index (χ4v) is 3.38. The van der Waals surface area contributed by atoms with E-state index in [-0.39, 0.29) is 16.5 Å². The molecule has 0 radical (unpaired) electrons. The molecule has 1 aromatic rings. The molecule has 80 valence electrons. The summed E-state index contributed by atoms with van der Waals surface area (Å²) in [6, 6.07) is 7.01. The molecule has 0 amide bonds. The molecule has 0 spiro atoms. The van der Waals surface area contributed by atoms with Gasteiger partial charge in [-0.1, -0.05) is 0 Å². The Hall–Kier alpha value is -1.00. The molecule has 3 nitrogen and oxygen atoms in total. The molecular formula is C11H12O3S. The first-order valence-electron chi connectivity index (χ1n) is 4.84. The molecular weight excluding hydrogens is 212 g/mol. The molecule has 1 aromatic carbocycles. The van der Waals surface area contributed by atoms with Gasteiger partial charge in [-0.25, -0.2) is 0 Å². The zero-order valence-corrected chi connectivity index (χ0v) is 9.09. The smallest absolute Gasteiger partial charge is 0.155 e. The molecule has 1 aliphatic rings. The number of carbonyl (C=O) groups is 1. The zero-order valence-electron chi connectivity index (χ0n) is 8.27. The Labute approximate surface area is 91.4 Å². The summed E-state index contributed by atoms with van der Waals surface area (Å²) in [5, 5.41) is 10.6. The topological polar surface area (TPSA) is 49.4 Å². The lowest BCUT2D eigenvalue weighted by molar-refractivity contribution is -0.255. The summed E-state index contributed by atoms with van der Waals surface area (Å²) in [4.78, 5) is 11.8. The van der Waals surface area contributed by atoms with Gasteiger partial charge in [0.1, 0.15) is 11.5 Å². The molecule has 2 rings (SSSR count). The van der Waals surface area contributed by atoms with Crippen LogP contribution in [0.15, 0.2) is 29.2 Å². The van der Waals surface area contributed by atoms with Crippen molar-refractivity contribution in [1.29, 1.82) is 0 Å². The second kappa shape index (κ2) is 4.68. The molecule has 15 heavy (non-hydrogen) atoms. The van der Waals surface area contributed by atoms with E-state index in [0.29, 0.717) is 0 Å². The normalized spacial score (nSPS) is 17.6. The summed E-state index contributed by atoms with van der Waals surface area (Å²) < 4.78 is 5.29. The third-order valence-corrected chi connectivity index (χ3v) is 4.63. The van der Waals surface area contributed by atoms with E-state index < -0.39 is 5.97 Å². The molecule has 0 N–H and O–H groups in total. The number of ether oxygens (including phenoxy) is 1. The van der Waals surface area contributed by atoms with Crippen molar-refractivity contribution in [3.63, 3.8) is 0 Å². The van der Waals surface area contributed by atoms with Crippen molar-refractivity contribution in [3.8, 4) is 0 Å². The Morgan fingerprint density at radius 3 is 2.33 bits per heavy atom. The van der Waals surface area contributed by atoms with Crippen molar-refractivity contribution in [3.05, 3.63) is 29.8 Å². The molecule has 0 saturated carbocycles. The second-order valence-corrected chi connectivity index (χ2v) is 5.60. The van der Waals surface area contributed by atoms with Gasteiger partial charge >= 0.3 is 0 Å². The highest BCUT2D eigenvalue weighted by atomic mass is 32.2. The maximum atomic E-state index is 10.6. The quantitative estimate of drug-likeness (QED) is 0.667. The molecule has 4 heteroatoms. The first-order chi connectivity index (χ1) is 7.27. The van der Waals surface area contributed by atoms with Crippen LogP contribution in [0.1, 0.15) is 10.4 Å². The maximum absolute atomic E-state index is 10.6. The van der Waals surface area contributed by atoms with Gasteiger partial charge in [0, 0.05) is 10.9 Å². The molecule has 1 heterocycles. The molecule has 0 atom stereocenters. The summed E-state index contributed by atoms with van der Waals surface area (Å²) in [5.41, 5.74) is 0.246. The summed E-state index contributed by atoms with van der Waals surface area (Å²) >= 11 is 0. The molecule has 0 aromatic heterocycles. The number of hydrogen-bond donors (Lipinski definition) is 0. The molecule has 0 unspecified atom stereocenters. The minimum Gasteiger partial charge on any atom is -0.545 e. The van der Waals surface area contributed by atoms with E-state index in [4.69, 9.17) is 4.74 Å². The predicted molar refractivity (Wildman–Crippen MR) is 57.0 cm³/mol. The van der Waals surface area contributed by atoms with Crippen LogP contribution in [-0.4, -0.2) is 30.7 Å². The first-order valence-corrected chi connectivity index (χ1v) is 6.40. The predicted octanol–water partition coefficient (Wildman–Crippen LogP) is 0.0575. The van der Waals surface area contributed by atoms with E-state index in [1.165, 1.54) is 4.90 Å². The fourth-order valence-electron chi connectivity index (χ4n) is 1.54. The number of hydrogen-bond acceptors (Lipinski definition) is 3. The van der Waals surface area contributed by atoms with Crippen LogP contribution in [0.25, 0.3) is 0 Å². The van der Waals surface area contributed by atoms with Crippen LogP contribution in [-0.2, 0) is 15.6 Å². The van der Waals surface area contributed by atoms with E-state index in [1.807, 2.05) is 12.1 Å². The van der Waals surface area contributed by atoms with Gasteiger partial charge in [-0.05, 0) is 29.8 Å². The van der Waals surface area contributed by atoms with Gasteiger partial charge in [0.2, 0.25) is 0 Å². The Balaban J connectivity index is 2.11. The fraction of sp³-hybridized carbons (Fsp3) is 0.364. The van der Waals surface area contributed by atoms with Gasteiger partial charge in [-0.3, -0.25) is 0 Å². The highest BCUT2D eigenvalue weighted by molar-refractivity contribution is 7.97. The molecule has 1 fully saturated rings. The van der Waals surface area contributed by atoms with Crippen LogP contribution >= 0.6 is 0 Å². The SMILES string of the molecule is O=C([O-])c1ccc([S+]2CCOCC2)cc1. The van der Waals surface area contributed by atoms with Crippen molar-refractivity contribution in [2.45, 2.75) is 4.90 Å². The lowest BCUT2D eigenvalue weighted by atomic mass is 10.2. The highest BCUT2D eigenvalue weighted by Gasteiger charge is 2.24. The van der Waals surface area contributed by atoms with Crippen molar-refractivity contribution in [2.24, 2.45) is 0 Å². The second-order valence-electron chi connectivity index (χ2n) is 3.33. The van der Waals surface area contributed by atoms with E-state index in [2.05, 4.69) is 0 Å². The Morgan fingerprint density at radius 1 is 1.20 bits per heavy atom. The van der Waals surface area contributed by atoms with Crippen LogP contribution in [0.3, 0.4) is 0 Å². The monoisotopic (exact) mass is 224 g/mol. The number of benzene rings is 1. The third-order valence-electron chi connectivity index (χ3n) is 2.37. The number of rotatable bonds is 2. The number of carbonyl (C=O) groups excluding carboxylic acids is 1. The summed E-state index contributed by atoms with van der Waals surface area (Å²) in [6.07, 6.45) is 0. The number of aromatic carboxylic acids is 1. The Kier molecular flexibility index (Phi) is 3.28. The van der Waals surface area contributed by atoms with Crippen LogP contribution in [0, 0.1) is 0 Å². The summed E-state index contributed by atoms with van der Waals surface area (Å²) in [7, 11) is 0.232. The number of carboxylic acids is 1. The summed E-state index contributed by atoms with van der Waals surface area (Å²) in [6.45, 7) is 1.62. The van der Waals surface area contributed by atoms with E-state index >= 15 is 0 Å². The minimum atomic E-state index is -1.11. The summed E-state index contributed by atoms with van der Waals surface area (Å²) in [5.74, 6) is 0.979. The minimum absolute atomic E-state index is 0.232. The Bertz CT molecular complexity index is 341. The van der Waals surface area contributed by atoms with E-state index in [0.717, 1.165) is 24.7 Å². The van der Waals surface area contributed by atoms with Gasteiger partial charge in [0.15, 0.2) is 4.90 Å². The lowest BCUT2D eigenvalue weighted by Gasteiger charge is -2.14. The average Bonchev–Trinajstić information content (AvgIpc) is 2.30. The van der Waals surface area contributed by atoms with Crippen molar-refractivity contribution in [1.82, 2.24) is 0 Å². The van der Waals surface area contributed by atoms with Crippen molar-refractivity contribution in [2.75, 3.05) is 24.7 Å². The van der Waals surface area contributed by atoms with E-state index in [9.17, 15) is 9.90 Å². The van der Waals surface area contributed by atoms with Gasteiger partial charge in [-0.15, -0.1) is 0 Å². The van der Waals surface area contributed by atoms with Gasteiger partial charge in [-0.2, -0.15) is 0 Å².